The van der Waals surface area contributed by atoms with Crippen molar-refractivity contribution in [3.63, 3.8) is 0 Å². The molecule has 118 valence electrons. The quantitative estimate of drug-likeness (QED) is 0.813. The summed E-state index contributed by atoms with van der Waals surface area (Å²) in [6.45, 7) is 0.0930. The van der Waals surface area contributed by atoms with Gasteiger partial charge in [0.1, 0.15) is 10.6 Å². The molecule has 1 N–H and O–H groups in total. The first kappa shape index (κ1) is 16.5. The van der Waals surface area contributed by atoms with Gasteiger partial charge in [0.25, 0.3) is 0 Å². The van der Waals surface area contributed by atoms with Gasteiger partial charge in [0.2, 0.25) is 10.0 Å². The van der Waals surface area contributed by atoms with Gasteiger partial charge in [-0.05, 0) is 12.1 Å². The molecular weight excluding hydrogens is 326 g/mol. The lowest BCUT2D eigenvalue weighted by Crippen LogP contribution is -2.23. The van der Waals surface area contributed by atoms with E-state index in [2.05, 4.69) is 9.46 Å². The fraction of sp³-hybridized carbons (Fsp3) is 0.214. The first-order valence-electron chi connectivity index (χ1n) is 6.26. The fourth-order valence-electron chi connectivity index (χ4n) is 1.77. The van der Waals surface area contributed by atoms with Gasteiger partial charge in [-0.1, -0.05) is 18.2 Å². The van der Waals surface area contributed by atoms with Gasteiger partial charge in [-0.3, -0.25) is 0 Å². The second kappa shape index (κ2) is 6.91. The molecule has 0 radical (unpaired) electrons. The van der Waals surface area contributed by atoms with E-state index < -0.39 is 16.0 Å². The highest BCUT2D eigenvalue weighted by Crippen LogP contribution is 2.21. The van der Waals surface area contributed by atoms with Crippen molar-refractivity contribution in [1.82, 2.24) is 4.72 Å². The average molecular weight is 341 g/mol. The Morgan fingerprint density at radius 1 is 1.27 bits per heavy atom. The number of esters is 1. The van der Waals surface area contributed by atoms with Crippen molar-refractivity contribution in [3.8, 4) is 5.75 Å². The number of methoxy groups -OCH3 is 2. The summed E-state index contributed by atoms with van der Waals surface area (Å²) in [7, 11) is -0.938. The Morgan fingerprint density at radius 2 is 2.00 bits per heavy atom. The van der Waals surface area contributed by atoms with E-state index in [-0.39, 0.29) is 16.3 Å². The molecule has 1 heterocycles. The topological polar surface area (TPSA) is 81.7 Å². The third kappa shape index (κ3) is 3.65. The van der Waals surface area contributed by atoms with Crippen LogP contribution in [0.15, 0.2) is 40.6 Å². The number of para-hydroxylation sites is 1. The number of benzene rings is 1. The molecule has 22 heavy (non-hydrogen) atoms. The van der Waals surface area contributed by atoms with E-state index in [9.17, 15) is 13.2 Å². The average Bonchev–Trinajstić information content (AvgIpc) is 3.03. The highest BCUT2D eigenvalue weighted by molar-refractivity contribution is 7.89. The lowest BCUT2D eigenvalue weighted by Gasteiger charge is -2.09. The van der Waals surface area contributed by atoms with Crippen molar-refractivity contribution in [3.05, 3.63) is 46.2 Å². The van der Waals surface area contributed by atoms with E-state index in [0.29, 0.717) is 5.75 Å². The number of carbonyl (C=O) groups excluding carboxylic acids is 1. The molecule has 0 bridgehead atoms. The number of sulfonamides is 1. The van der Waals surface area contributed by atoms with Crippen molar-refractivity contribution in [2.75, 3.05) is 14.2 Å². The summed E-state index contributed by atoms with van der Waals surface area (Å²) in [5, 5.41) is 1.40. The van der Waals surface area contributed by atoms with Crippen LogP contribution in [0.3, 0.4) is 0 Å². The van der Waals surface area contributed by atoms with Crippen LogP contribution in [0, 0.1) is 0 Å². The molecule has 1 aromatic heterocycles. The molecule has 0 spiro atoms. The summed E-state index contributed by atoms with van der Waals surface area (Å²) in [6, 6.07) is 8.42. The van der Waals surface area contributed by atoms with Gasteiger partial charge in [0, 0.05) is 17.5 Å². The van der Waals surface area contributed by atoms with Crippen LogP contribution in [0.5, 0.6) is 5.75 Å². The molecule has 0 aliphatic rings. The summed E-state index contributed by atoms with van der Waals surface area (Å²) >= 11 is 1.02. The maximum atomic E-state index is 12.2. The highest BCUT2D eigenvalue weighted by Gasteiger charge is 2.19. The largest absolute Gasteiger partial charge is 0.496 e. The molecule has 0 fully saturated rings. The van der Waals surface area contributed by atoms with Crippen molar-refractivity contribution >= 4 is 27.3 Å². The van der Waals surface area contributed by atoms with Crippen molar-refractivity contribution < 1.29 is 22.7 Å². The molecule has 0 saturated carbocycles. The van der Waals surface area contributed by atoms with Gasteiger partial charge >= 0.3 is 5.97 Å². The molecule has 0 amide bonds. The highest BCUT2D eigenvalue weighted by atomic mass is 32.2. The minimum Gasteiger partial charge on any atom is -0.496 e. The van der Waals surface area contributed by atoms with E-state index in [4.69, 9.17) is 4.74 Å². The Balaban J connectivity index is 2.14. The number of rotatable bonds is 6. The van der Waals surface area contributed by atoms with Crippen LogP contribution in [-0.4, -0.2) is 28.6 Å². The first-order valence-corrected chi connectivity index (χ1v) is 8.62. The van der Waals surface area contributed by atoms with Crippen LogP contribution >= 0.6 is 11.3 Å². The number of hydrogen-bond donors (Lipinski definition) is 1. The van der Waals surface area contributed by atoms with Gasteiger partial charge in [0.15, 0.2) is 0 Å². The van der Waals surface area contributed by atoms with E-state index in [1.807, 2.05) is 0 Å². The van der Waals surface area contributed by atoms with Crippen LogP contribution in [-0.2, 0) is 21.3 Å². The van der Waals surface area contributed by atoms with Gasteiger partial charge in [-0.15, -0.1) is 11.3 Å². The van der Waals surface area contributed by atoms with Gasteiger partial charge < -0.3 is 9.47 Å². The second-order valence-corrected chi connectivity index (χ2v) is 6.95. The van der Waals surface area contributed by atoms with Gasteiger partial charge in [-0.25, -0.2) is 17.9 Å². The summed E-state index contributed by atoms with van der Waals surface area (Å²) in [5.41, 5.74) is 0.719. The van der Waals surface area contributed by atoms with Gasteiger partial charge in [-0.2, -0.15) is 0 Å². The summed E-state index contributed by atoms with van der Waals surface area (Å²) < 4.78 is 36.7. The maximum Gasteiger partial charge on any atom is 0.348 e. The predicted molar refractivity (Wildman–Crippen MR) is 82.7 cm³/mol. The molecule has 8 heteroatoms. The Morgan fingerprint density at radius 3 is 2.68 bits per heavy atom. The fourth-order valence-corrected chi connectivity index (χ4v) is 3.97. The monoisotopic (exact) mass is 341 g/mol. The van der Waals surface area contributed by atoms with Crippen molar-refractivity contribution in [2.24, 2.45) is 0 Å². The van der Waals surface area contributed by atoms with Crippen LogP contribution in [0.25, 0.3) is 0 Å². The summed E-state index contributed by atoms with van der Waals surface area (Å²) in [6.07, 6.45) is 0. The van der Waals surface area contributed by atoms with E-state index in [1.54, 1.807) is 24.3 Å². The molecule has 6 nitrogen and oxygen atoms in total. The van der Waals surface area contributed by atoms with E-state index in [0.717, 1.165) is 16.9 Å². The summed E-state index contributed by atoms with van der Waals surface area (Å²) in [4.78, 5) is 11.6. The minimum atomic E-state index is -3.71. The number of ether oxygens (including phenoxy) is 2. The van der Waals surface area contributed by atoms with Gasteiger partial charge in [0.05, 0.1) is 19.1 Å². The van der Waals surface area contributed by atoms with Crippen LogP contribution in [0.1, 0.15) is 15.2 Å². The zero-order valence-electron chi connectivity index (χ0n) is 12.0. The Hall–Kier alpha value is -1.90. The standard InChI is InChI=1S/C14H15NO5S2/c1-19-12-6-4-3-5-10(12)8-15-22(17,18)11-7-13(21-9-11)14(16)20-2/h3-7,9,15H,8H2,1-2H3. The molecular formula is C14H15NO5S2. The van der Waals surface area contributed by atoms with Crippen LogP contribution in [0.2, 0.25) is 0 Å². The molecule has 0 aliphatic carbocycles. The number of carbonyl (C=O) groups is 1. The number of hydrogen-bond acceptors (Lipinski definition) is 6. The normalized spacial score (nSPS) is 11.2. The van der Waals surface area contributed by atoms with E-state index >= 15 is 0 Å². The third-order valence-corrected chi connectivity index (χ3v) is 5.36. The zero-order chi connectivity index (χ0) is 16.2. The Kier molecular flexibility index (Phi) is 5.17. The second-order valence-electron chi connectivity index (χ2n) is 4.27. The van der Waals surface area contributed by atoms with Crippen LogP contribution < -0.4 is 9.46 Å². The maximum absolute atomic E-state index is 12.2. The molecule has 0 saturated heterocycles. The molecule has 0 unspecified atom stereocenters. The van der Waals surface area contributed by atoms with Crippen LogP contribution in [0.4, 0.5) is 0 Å². The SMILES string of the molecule is COC(=O)c1cc(S(=O)(=O)NCc2ccccc2OC)cs1. The zero-order valence-corrected chi connectivity index (χ0v) is 13.7. The molecule has 2 aromatic rings. The molecule has 0 atom stereocenters. The minimum absolute atomic E-state index is 0.0350. The summed E-state index contributed by atoms with van der Waals surface area (Å²) in [5.74, 6) is 0.0435. The lowest BCUT2D eigenvalue weighted by atomic mass is 10.2. The Labute approximate surface area is 132 Å². The van der Waals surface area contributed by atoms with Crippen molar-refractivity contribution in [2.45, 2.75) is 11.4 Å². The molecule has 2 rings (SSSR count). The third-order valence-electron chi connectivity index (χ3n) is 2.92. The predicted octanol–water partition coefficient (Wildman–Crippen LogP) is 2.02. The Bertz CT molecular complexity index is 767. The number of thiophene rings is 1. The van der Waals surface area contributed by atoms with E-state index in [1.165, 1.54) is 25.7 Å². The molecule has 0 aliphatic heterocycles. The number of nitrogens with one attached hydrogen (secondary N) is 1. The smallest absolute Gasteiger partial charge is 0.348 e. The lowest BCUT2D eigenvalue weighted by molar-refractivity contribution is 0.0606. The first-order chi connectivity index (χ1) is 10.5. The molecule has 1 aromatic carbocycles. The van der Waals surface area contributed by atoms with Crippen molar-refractivity contribution in [1.29, 1.82) is 0 Å².